The van der Waals surface area contributed by atoms with Crippen LogP contribution in [-0.2, 0) is 15.5 Å². The van der Waals surface area contributed by atoms with E-state index < -0.39 is 27.1 Å². The maximum atomic E-state index is 13.1. The molecular formula is C8H4F4N2O2S. The molecule has 1 N–H and O–H groups in total. The van der Waals surface area contributed by atoms with Gasteiger partial charge in [0, 0.05) is 0 Å². The molecule has 0 fully saturated rings. The van der Waals surface area contributed by atoms with Crippen molar-refractivity contribution in [1.29, 1.82) is 0 Å². The first-order chi connectivity index (χ1) is 7.72. The van der Waals surface area contributed by atoms with Crippen LogP contribution >= 0.6 is 0 Å². The second-order valence-corrected chi connectivity index (χ2v) is 4.59. The molecule has 1 aromatic heterocycles. The van der Waals surface area contributed by atoms with Crippen molar-refractivity contribution in [1.82, 2.24) is 9.97 Å². The van der Waals surface area contributed by atoms with Gasteiger partial charge >= 0.3 is 15.5 Å². The maximum absolute atomic E-state index is 13.1. The van der Waals surface area contributed by atoms with Crippen LogP contribution in [-0.4, -0.2) is 18.4 Å². The molecule has 4 nitrogen and oxygen atoms in total. The van der Waals surface area contributed by atoms with Crippen molar-refractivity contribution in [3.05, 3.63) is 29.8 Å². The zero-order valence-electron chi connectivity index (χ0n) is 7.92. The van der Waals surface area contributed by atoms with Gasteiger partial charge in [0.1, 0.15) is 5.82 Å². The smallest absolute Gasteiger partial charge is 0.336 e. The fourth-order valence-electron chi connectivity index (χ4n) is 1.24. The van der Waals surface area contributed by atoms with E-state index >= 15 is 0 Å². The number of rotatable bonds is 2. The molecule has 0 spiro atoms. The topological polar surface area (TPSA) is 62.8 Å². The molecule has 1 aromatic carbocycles. The van der Waals surface area contributed by atoms with Crippen LogP contribution in [0.3, 0.4) is 0 Å². The summed E-state index contributed by atoms with van der Waals surface area (Å²) in [6.07, 6.45) is 0. The highest BCUT2D eigenvalue weighted by molar-refractivity contribution is 7.87. The molecular weight excluding hydrogens is 264 g/mol. The van der Waals surface area contributed by atoms with Crippen molar-refractivity contribution in [3.8, 4) is 0 Å². The molecule has 0 atom stereocenters. The summed E-state index contributed by atoms with van der Waals surface area (Å²) in [7, 11) is -6.13. The molecule has 0 amide bonds. The Morgan fingerprint density at radius 2 is 1.94 bits per heavy atom. The number of benzene rings is 1. The van der Waals surface area contributed by atoms with Crippen LogP contribution in [0.1, 0.15) is 5.82 Å². The Kier molecular flexibility index (Phi) is 2.38. The van der Waals surface area contributed by atoms with Crippen LogP contribution in [0.5, 0.6) is 0 Å². The van der Waals surface area contributed by atoms with Crippen LogP contribution in [0, 0.1) is 5.82 Å². The average molecular weight is 268 g/mol. The highest BCUT2D eigenvalue weighted by Crippen LogP contribution is 2.34. The molecule has 0 aliphatic carbocycles. The highest BCUT2D eigenvalue weighted by Gasteiger charge is 2.50. The van der Waals surface area contributed by atoms with E-state index in [9.17, 15) is 25.5 Å². The van der Waals surface area contributed by atoms with Gasteiger partial charge in [0.05, 0.1) is 11.0 Å². The van der Waals surface area contributed by atoms with Gasteiger partial charge in [-0.2, -0.15) is 17.2 Å². The summed E-state index contributed by atoms with van der Waals surface area (Å²) in [5.74, 6) is -2.11. The minimum Gasteiger partial charge on any atom is -0.336 e. The molecule has 1 heterocycles. The molecule has 0 unspecified atom stereocenters. The Bertz CT molecular complexity index is 680. The van der Waals surface area contributed by atoms with E-state index in [0.717, 1.165) is 18.2 Å². The van der Waals surface area contributed by atoms with Crippen LogP contribution < -0.4 is 0 Å². The summed E-state index contributed by atoms with van der Waals surface area (Å²) in [4.78, 5) is 5.06. The third kappa shape index (κ3) is 1.86. The number of hydrogen-bond acceptors (Lipinski definition) is 3. The Hall–Kier alpha value is -1.64. The van der Waals surface area contributed by atoms with E-state index in [0.29, 0.717) is 0 Å². The summed E-state index contributed by atoms with van der Waals surface area (Å²) in [6, 6.07) is 2.85. The van der Waals surface area contributed by atoms with Crippen molar-refractivity contribution in [2.45, 2.75) is 5.25 Å². The third-order valence-electron chi connectivity index (χ3n) is 2.03. The number of aromatic amines is 1. The summed E-state index contributed by atoms with van der Waals surface area (Å²) < 4.78 is 71.7. The number of nitrogens with zero attached hydrogens (tertiary/aromatic N) is 1. The third-order valence-corrected chi connectivity index (χ3v) is 2.83. The predicted molar refractivity (Wildman–Crippen MR) is 50.0 cm³/mol. The number of alkyl halides is 2. The van der Waals surface area contributed by atoms with E-state index in [2.05, 4.69) is 4.98 Å². The van der Waals surface area contributed by atoms with Gasteiger partial charge in [-0.1, -0.05) is 3.89 Å². The molecule has 0 saturated carbocycles. The number of nitrogens with one attached hydrogen (secondary N) is 1. The molecule has 0 aliphatic rings. The Balaban J connectivity index is 2.65. The fraction of sp³-hybridized carbons (Fsp3) is 0.125. The Labute approximate surface area is 92.5 Å². The summed E-state index contributed by atoms with van der Waals surface area (Å²) >= 11 is 0. The van der Waals surface area contributed by atoms with Crippen molar-refractivity contribution >= 4 is 21.3 Å². The second-order valence-electron chi connectivity index (χ2n) is 3.20. The molecule has 0 aliphatic heterocycles. The number of H-pyrrole nitrogens is 1. The SMILES string of the molecule is O=S(=O)(F)C(F)(F)c1nc2ccc(F)cc2[nH]1. The van der Waals surface area contributed by atoms with E-state index in [-0.39, 0.29) is 11.0 Å². The molecule has 92 valence electrons. The standard InChI is InChI=1S/C8H4F4N2O2S/c9-4-1-2-5-6(3-4)14-7(13-5)8(10,11)17(12,15)16/h1-3H,(H,13,14). The average Bonchev–Trinajstić information content (AvgIpc) is 2.58. The lowest BCUT2D eigenvalue weighted by molar-refractivity contribution is 0.0755. The highest BCUT2D eigenvalue weighted by atomic mass is 32.3. The molecule has 0 saturated heterocycles. The number of imidazole rings is 1. The van der Waals surface area contributed by atoms with Gasteiger partial charge in [0.15, 0.2) is 5.82 Å². The first kappa shape index (κ1) is 11.8. The van der Waals surface area contributed by atoms with E-state index in [4.69, 9.17) is 0 Å². The number of aromatic nitrogens is 2. The molecule has 2 rings (SSSR count). The number of halogens is 4. The summed E-state index contributed by atoms with van der Waals surface area (Å²) in [6.45, 7) is 0. The van der Waals surface area contributed by atoms with E-state index in [1.165, 1.54) is 0 Å². The molecule has 2 aromatic rings. The summed E-state index contributed by atoms with van der Waals surface area (Å²) in [5.41, 5.74) is -0.243. The zero-order chi connectivity index (χ0) is 12.8. The molecule has 0 bridgehead atoms. The monoisotopic (exact) mass is 268 g/mol. The van der Waals surface area contributed by atoms with Crippen molar-refractivity contribution in [2.75, 3.05) is 0 Å². The Morgan fingerprint density at radius 3 is 2.53 bits per heavy atom. The van der Waals surface area contributed by atoms with Crippen LogP contribution in [0.25, 0.3) is 11.0 Å². The van der Waals surface area contributed by atoms with Crippen LogP contribution in [0.2, 0.25) is 0 Å². The lowest BCUT2D eigenvalue weighted by Crippen LogP contribution is -2.23. The molecule has 9 heteroatoms. The van der Waals surface area contributed by atoms with E-state index in [1.54, 1.807) is 0 Å². The number of hydrogen-bond donors (Lipinski definition) is 1. The Morgan fingerprint density at radius 1 is 1.29 bits per heavy atom. The zero-order valence-corrected chi connectivity index (χ0v) is 8.73. The second kappa shape index (κ2) is 3.42. The van der Waals surface area contributed by atoms with Gasteiger partial charge < -0.3 is 4.98 Å². The minimum atomic E-state index is -6.13. The quantitative estimate of drug-likeness (QED) is 0.669. The van der Waals surface area contributed by atoms with Gasteiger partial charge in [-0.3, -0.25) is 0 Å². The maximum Gasteiger partial charge on any atom is 0.430 e. The van der Waals surface area contributed by atoms with Crippen LogP contribution in [0.4, 0.5) is 17.1 Å². The van der Waals surface area contributed by atoms with Gasteiger partial charge in [-0.25, -0.2) is 9.37 Å². The first-order valence-corrected chi connectivity index (χ1v) is 5.58. The normalized spacial score (nSPS) is 13.2. The summed E-state index contributed by atoms with van der Waals surface area (Å²) in [5, 5.41) is -4.79. The van der Waals surface area contributed by atoms with Gasteiger partial charge in [-0.05, 0) is 18.2 Å². The predicted octanol–water partition coefficient (Wildman–Crippen LogP) is 2.05. The van der Waals surface area contributed by atoms with Crippen molar-refractivity contribution in [2.24, 2.45) is 0 Å². The van der Waals surface area contributed by atoms with Crippen molar-refractivity contribution in [3.63, 3.8) is 0 Å². The lowest BCUT2D eigenvalue weighted by Gasteiger charge is -2.06. The van der Waals surface area contributed by atoms with Gasteiger partial charge in [-0.15, -0.1) is 0 Å². The molecule has 0 radical (unpaired) electrons. The first-order valence-electron chi connectivity index (χ1n) is 4.19. The van der Waals surface area contributed by atoms with E-state index in [1.807, 2.05) is 4.98 Å². The number of fused-ring (bicyclic) bond motifs is 1. The van der Waals surface area contributed by atoms with Crippen LogP contribution in [0.15, 0.2) is 18.2 Å². The van der Waals surface area contributed by atoms with Gasteiger partial charge in [0.2, 0.25) is 0 Å². The molecule has 17 heavy (non-hydrogen) atoms. The van der Waals surface area contributed by atoms with Crippen molar-refractivity contribution < 1.29 is 25.5 Å². The van der Waals surface area contributed by atoms with Gasteiger partial charge in [0.25, 0.3) is 0 Å². The largest absolute Gasteiger partial charge is 0.430 e. The fourth-order valence-corrected chi connectivity index (χ4v) is 1.56. The lowest BCUT2D eigenvalue weighted by atomic mass is 10.3. The minimum absolute atomic E-state index is 0.0928.